The van der Waals surface area contributed by atoms with Gasteiger partial charge in [-0.15, -0.1) is 0 Å². The summed E-state index contributed by atoms with van der Waals surface area (Å²) >= 11 is 0. The number of para-hydroxylation sites is 1. The van der Waals surface area contributed by atoms with E-state index in [1.807, 2.05) is 50.2 Å². The number of H-pyrrole nitrogens is 1. The minimum absolute atomic E-state index is 0.139. The highest BCUT2D eigenvalue weighted by atomic mass is 16.5. The number of benzene rings is 2. The Hall–Kier alpha value is -2.62. The third kappa shape index (κ3) is 2.52. The number of aromatic nitrogens is 2. The number of aryl methyl sites for hydroxylation is 1. The Morgan fingerprint density at radius 3 is 2.81 bits per heavy atom. The van der Waals surface area contributed by atoms with Crippen molar-refractivity contribution >= 4 is 10.9 Å². The maximum atomic E-state index is 12.2. The second-order valence-corrected chi connectivity index (χ2v) is 4.86. The van der Waals surface area contributed by atoms with E-state index in [9.17, 15) is 4.79 Å². The molecule has 0 bridgehead atoms. The normalized spacial score (nSPS) is 10.8. The maximum absolute atomic E-state index is 12.2. The minimum Gasteiger partial charge on any atom is -0.493 e. The lowest BCUT2D eigenvalue weighted by Gasteiger charge is -2.11. The van der Waals surface area contributed by atoms with Crippen molar-refractivity contribution in [2.75, 3.05) is 6.61 Å². The number of nitrogens with zero attached hydrogens (tertiary/aromatic N) is 1. The molecule has 0 aliphatic heterocycles. The van der Waals surface area contributed by atoms with Crippen molar-refractivity contribution in [2.24, 2.45) is 0 Å². The summed E-state index contributed by atoms with van der Waals surface area (Å²) in [5, 5.41) is 0.590. The molecule has 0 amide bonds. The summed E-state index contributed by atoms with van der Waals surface area (Å²) in [5.74, 6) is 1.26. The summed E-state index contributed by atoms with van der Waals surface area (Å²) in [6.45, 7) is 4.49. The molecule has 0 saturated heterocycles. The van der Waals surface area contributed by atoms with Crippen LogP contribution in [0.15, 0.2) is 47.3 Å². The number of rotatable bonds is 3. The number of fused-ring (bicyclic) bond motifs is 1. The lowest BCUT2D eigenvalue weighted by Crippen LogP contribution is -2.10. The van der Waals surface area contributed by atoms with Gasteiger partial charge in [0.2, 0.25) is 0 Å². The van der Waals surface area contributed by atoms with E-state index in [2.05, 4.69) is 9.97 Å². The summed E-state index contributed by atoms with van der Waals surface area (Å²) in [7, 11) is 0. The molecule has 1 aromatic heterocycles. The van der Waals surface area contributed by atoms with Crippen LogP contribution in [0.4, 0.5) is 0 Å². The van der Waals surface area contributed by atoms with Crippen molar-refractivity contribution in [1.29, 1.82) is 0 Å². The highest BCUT2D eigenvalue weighted by molar-refractivity contribution is 5.80. The van der Waals surface area contributed by atoms with Crippen molar-refractivity contribution in [2.45, 2.75) is 13.8 Å². The molecule has 21 heavy (non-hydrogen) atoms. The molecule has 4 heteroatoms. The predicted molar refractivity (Wildman–Crippen MR) is 83.7 cm³/mol. The van der Waals surface area contributed by atoms with Crippen LogP contribution in [0.1, 0.15) is 12.5 Å². The van der Waals surface area contributed by atoms with E-state index in [0.717, 1.165) is 16.9 Å². The Balaban J connectivity index is 2.25. The summed E-state index contributed by atoms with van der Waals surface area (Å²) in [6, 6.07) is 13.2. The zero-order valence-corrected chi connectivity index (χ0v) is 12.0. The minimum atomic E-state index is -0.139. The van der Waals surface area contributed by atoms with E-state index in [-0.39, 0.29) is 5.56 Å². The Kier molecular flexibility index (Phi) is 3.44. The van der Waals surface area contributed by atoms with Gasteiger partial charge in [-0.05, 0) is 38.1 Å². The standard InChI is InChI=1S/C17H16N2O2/c1-3-21-15-9-8-11(2)10-13(15)16-18-14-7-5-4-6-12(14)17(20)19-16/h4-10H,3H2,1-2H3,(H,18,19,20). The third-order valence-corrected chi connectivity index (χ3v) is 3.30. The topological polar surface area (TPSA) is 55.0 Å². The summed E-state index contributed by atoms with van der Waals surface area (Å²) in [5.41, 5.74) is 2.43. The fourth-order valence-electron chi connectivity index (χ4n) is 2.32. The number of hydrogen-bond acceptors (Lipinski definition) is 3. The van der Waals surface area contributed by atoms with Crippen LogP contribution in [0.3, 0.4) is 0 Å². The monoisotopic (exact) mass is 280 g/mol. The van der Waals surface area contributed by atoms with Gasteiger partial charge in [0.15, 0.2) is 0 Å². The van der Waals surface area contributed by atoms with Crippen molar-refractivity contribution < 1.29 is 4.74 Å². The molecule has 2 aromatic carbocycles. The molecule has 1 N–H and O–H groups in total. The SMILES string of the molecule is CCOc1ccc(C)cc1-c1nc2ccccc2c(=O)[nH]1. The number of ether oxygens (including phenoxy) is 1. The first-order chi connectivity index (χ1) is 10.2. The van der Waals surface area contributed by atoms with E-state index >= 15 is 0 Å². The quantitative estimate of drug-likeness (QED) is 0.801. The van der Waals surface area contributed by atoms with Crippen molar-refractivity contribution in [1.82, 2.24) is 9.97 Å². The van der Waals surface area contributed by atoms with Crippen LogP contribution in [0.25, 0.3) is 22.3 Å². The number of hydrogen-bond donors (Lipinski definition) is 1. The van der Waals surface area contributed by atoms with Gasteiger partial charge in [0, 0.05) is 0 Å². The van der Waals surface area contributed by atoms with Crippen LogP contribution < -0.4 is 10.3 Å². The first kappa shape index (κ1) is 13.4. The van der Waals surface area contributed by atoms with Gasteiger partial charge in [0.05, 0.1) is 23.1 Å². The molecule has 0 atom stereocenters. The smallest absolute Gasteiger partial charge is 0.259 e. The van der Waals surface area contributed by atoms with Gasteiger partial charge in [-0.25, -0.2) is 4.98 Å². The molecule has 0 aliphatic carbocycles. The molecule has 106 valence electrons. The fraction of sp³-hybridized carbons (Fsp3) is 0.176. The molecule has 1 heterocycles. The van der Waals surface area contributed by atoms with Gasteiger partial charge < -0.3 is 9.72 Å². The van der Waals surface area contributed by atoms with E-state index in [4.69, 9.17) is 4.74 Å². The fourth-order valence-corrected chi connectivity index (χ4v) is 2.32. The molecule has 0 aliphatic rings. The molecule has 0 unspecified atom stereocenters. The summed E-state index contributed by atoms with van der Waals surface area (Å²) in [6.07, 6.45) is 0. The maximum Gasteiger partial charge on any atom is 0.259 e. The van der Waals surface area contributed by atoms with Crippen molar-refractivity contribution in [3.05, 3.63) is 58.4 Å². The average Bonchev–Trinajstić information content (AvgIpc) is 2.49. The second kappa shape index (κ2) is 5.40. The summed E-state index contributed by atoms with van der Waals surface area (Å²) in [4.78, 5) is 19.6. The molecule has 0 fully saturated rings. The average molecular weight is 280 g/mol. The lowest BCUT2D eigenvalue weighted by atomic mass is 10.1. The van der Waals surface area contributed by atoms with Crippen molar-refractivity contribution in [3.63, 3.8) is 0 Å². The zero-order chi connectivity index (χ0) is 14.8. The second-order valence-electron chi connectivity index (χ2n) is 4.86. The molecular formula is C17H16N2O2. The van der Waals surface area contributed by atoms with Gasteiger partial charge >= 0.3 is 0 Å². The van der Waals surface area contributed by atoms with Crippen molar-refractivity contribution in [3.8, 4) is 17.1 Å². The van der Waals surface area contributed by atoms with Crippen LogP contribution in [0.2, 0.25) is 0 Å². The molecular weight excluding hydrogens is 264 g/mol. The number of aromatic amines is 1. The van der Waals surface area contributed by atoms with E-state index < -0.39 is 0 Å². The summed E-state index contributed by atoms with van der Waals surface area (Å²) < 4.78 is 5.64. The van der Waals surface area contributed by atoms with Crippen LogP contribution >= 0.6 is 0 Å². The third-order valence-electron chi connectivity index (χ3n) is 3.30. The Bertz CT molecular complexity index is 853. The van der Waals surface area contributed by atoms with E-state index in [1.165, 1.54) is 0 Å². The first-order valence-corrected chi connectivity index (χ1v) is 6.92. The molecule has 0 radical (unpaired) electrons. The molecule has 3 aromatic rings. The van der Waals surface area contributed by atoms with E-state index in [0.29, 0.717) is 23.3 Å². The zero-order valence-electron chi connectivity index (χ0n) is 12.0. The Labute approximate surface area is 122 Å². The highest BCUT2D eigenvalue weighted by Gasteiger charge is 2.11. The molecule has 0 spiro atoms. The molecule has 0 saturated carbocycles. The van der Waals surface area contributed by atoms with E-state index in [1.54, 1.807) is 6.07 Å². The van der Waals surface area contributed by atoms with Gasteiger partial charge in [-0.3, -0.25) is 4.79 Å². The lowest BCUT2D eigenvalue weighted by molar-refractivity contribution is 0.341. The van der Waals surface area contributed by atoms with Crippen LogP contribution in [0.5, 0.6) is 5.75 Å². The first-order valence-electron chi connectivity index (χ1n) is 6.92. The molecule has 3 rings (SSSR count). The largest absolute Gasteiger partial charge is 0.493 e. The van der Waals surface area contributed by atoms with Gasteiger partial charge in [-0.2, -0.15) is 0 Å². The molecule has 4 nitrogen and oxygen atoms in total. The van der Waals surface area contributed by atoms with Crippen LogP contribution in [-0.2, 0) is 0 Å². The van der Waals surface area contributed by atoms with Crippen LogP contribution in [-0.4, -0.2) is 16.6 Å². The van der Waals surface area contributed by atoms with Gasteiger partial charge in [-0.1, -0.05) is 23.8 Å². The van der Waals surface area contributed by atoms with Gasteiger partial charge in [0.1, 0.15) is 11.6 Å². The Morgan fingerprint density at radius 1 is 1.19 bits per heavy atom. The highest BCUT2D eigenvalue weighted by Crippen LogP contribution is 2.28. The number of nitrogens with one attached hydrogen (secondary N) is 1. The Morgan fingerprint density at radius 2 is 2.00 bits per heavy atom. The predicted octanol–water partition coefficient (Wildman–Crippen LogP) is 3.30. The van der Waals surface area contributed by atoms with Gasteiger partial charge in [0.25, 0.3) is 5.56 Å². The van der Waals surface area contributed by atoms with Crippen LogP contribution in [0, 0.1) is 6.92 Å².